The normalized spacial score (nSPS) is 12.2. The van der Waals surface area contributed by atoms with E-state index in [-0.39, 0.29) is 11.5 Å². The second-order valence-electron chi connectivity index (χ2n) is 9.28. The molecule has 0 saturated carbocycles. The summed E-state index contributed by atoms with van der Waals surface area (Å²) in [6, 6.07) is 23.9. The van der Waals surface area contributed by atoms with E-state index in [4.69, 9.17) is 9.72 Å². The molecule has 196 valence electrons. The monoisotopic (exact) mass is 510 g/mol. The third-order valence-electron chi connectivity index (χ3n) is 6.34. The Bertz CT molecular complexity index is 1480. The number of hydrogen-bond acceptors (Lipinski definition) is 5. The molecule has 0 spiro atoms. The van der Waals surface area contributed by atoms with Crippen molar-refractivity contribution in [2.45, 2.75) is 19.9 Å². The van der Waals surface area contributed by atoms with Crippen LogP contribution in [0.1, 0.15) is 31.3 Å². The maximum absolute atomic E-state index is 13.9. The summed E-state index contributed by atoms with van der Waals surface area (Å²) in [5.74, 6) is 0.897. The zero-order valence-corrected chi connectivity index (χ0v) is 22.4. The van der Waals surface area contributed by atoms with Crippen molar-refractivity contribution in [2.75, 3.05) is 33.8 Å². The van der Waals surface area contributed by atoms with Crippen LogP contribution in [-0.2, 0) is 4.79 Å². The highest BCUT2D eigenvalue weighted by Gasteiger charge is 2.27. The van der Waals surface area contributed by atoms with Gasteiger partial charge in [0.15, 0.2) is 0 Å². The average molecular weight is 511 g/mol. The van der Waals surface area contributed by atoms with Crippen LogP contribution in [0.2, 0.25) is 0 Å². The van der Waals surface area contributed by atoms with Crippen molar-refractivity contribution in [3.63, 3.8) is 0 Å². The van der Waals surface area contributed by atoms with Crippen molar-refractivity contribution >= 4 is 22.9 Å². The SMILES string of the molecule is CCOc1ccccc1-n1c(C(C)N(CCN(C)C)C(=O)/C=C/c2ccccc2)nc2ccccc2c1=O. The van der Waals surface area contributed by atoms with E-state index in [2.05, 4.69) is 0 Å². The molecule has 0 saturated heterocycles. The second-order valence-corrected chi connectivity index (χ2v) is 9.28. The lowest BCUT2D eigenvalue weighted by molar-refractivity contribution is -0.128. The molecule has 4 aromatic rings. The van der Waals surface area contributed by atoms with Crippen LogP contribution in [0.15, 0.2) is 89.7 Å². The quantitative estimate of drug-likeness (QED) is 0.283. The highest BCUT2D eigenvalue weighted by atomic mass is 16.5. The van der Waals surface area contributed by atoms with E-state index in [0.29, 0.717) is 47.9 Å². The first-order valence-electron chi connectivity index (χ1n) is 12.8. The van der Waals surface area contributed by atoms with E-state index in [9.17, 15) is 9.59 Å². The molecule has 0 fully saturated rings. The Morgan fingerprint density at radius 1 is 0.974 bits per heavy atom. The Balaban J connectivity index is 1.86. The summed E-state index contributed by atoms with van der Waals surface area (Å²) in [6.45, 7) is 5.39. The van der Waals surface area contributed by atoms with Gasteiger partial charge in [-0.2, -0.15) is 0 Å². The number of rotatable bonds is 10. The molecular formula is C31H34N4O3. The molecule has 0 aliphatic carbocycles. The van der Waals surface area contributed by atoms with Crippen LogP contribution in [-0.4, -0.2) is 59.0 Å². The molecule has 3 aromatic carbocycles. The van der Waals surface area contributed by atoms with Gasteiger partial charge >= 0.3 is 0 Å². The molecule has 1 unspecified atom stereocenters. The number of fused-ring (bicyclic) bond motifs is 1. The van der Waals surface area contributed by atoms with Crippen LogP contribution < -0.4 is 10.3 Å². The first-order valence-corrected chi connectivity index (χ1v) is 12.8. The zero-order chi connectivity index (χ0) is 27.1. The Hall–Kier alpha value is -4.23. The van der Waals surface area contributed by atoms with Crippen LogP contribution in [0.5, 0.6) is 5.75 Å². The van der Waals surface area contributed by atoms with Gasteiger partial charge in [-0.05, 0) is 63.8 Å². The lowest BCUT2D eigenvalue weighted by Crippen LogP contribution is -2.40. The predicted molar refractivity (Wildman–Crippen MR) is 153 cm³/mol. The summed E-state index contributed by atoms with van der Waals surface area (Å²) in [5, 5.41) is 0.505. The van der Waals surface area contributed by atoms with Crippen LogP contribution in [0, 0.1) is 0 Å². The molecule has 7 heteroatoms. The number of carbonyl (C=O) groups excluding carboxylic acids is 1. The van der Waals surface area contributed by atoms with Crippen molar-refractivity contribution < 1.29 is 9.53 Å². The smallest absolute Gasteiger partial charge is 0.266 e. The number of para-hydroxylation sites is 3. The van der Waals surface area contributed by atoms with Gasteiger partial charge in [0.1, 0.15) is 11.6 Å². The molecule has 7 nitrogen and oxygen atoms in total. The van der Waals surface area contributed by atoms with Gasteiger partial charge in [0.05, 0.1) is 29.2 Å². The fourth-order valence-electron chi connectivity index (χ4n) is 4.35. The molecule has 1 amide bonds. The molecule has 0 aliphatic heterocycles. The van der Waals surface area contributed by atoms with Crippen LogP contribution in [0.4, 0.5) is 0 Å². The van der Waals surface area contributed by atoms with Gasteiger partial charge in [0.2, 0.25) is 5.91 Å². The molecule has 0 radical (unpaired) electrons. The molecule has 4 rings (SSSR count). The maximum atomic E-state index is 13.9. The number of hydrogen-bond donors (Lipinski definition) is 0. The van der Waals surface area contributed by atoms with E-state index in [1.54, 1.807) is 21.6 Å². The van der Waals surface area contributed by atoms with E-state index in [0.717, 1.165) is 5.56 Å². The third kappa shape index (κ3) is 6.01. The Morgan fingerprint density at radius 2 is 1.66 bits per heavy atom. The topological polar surface area (TPSA) is 67.7 Å². The number of carbonyl (C=O) groups is 1. The van der Waals surface area contributed by atoms with E-state index >= 15 is 0 Å². The van der Waals surface area contributed by atoms with Gasteiger partial charge in [-0.3, -0.25) is 14.2 Å². The summed E-state index contributed by atoms with van der Waals surface area (Å²) in [6.07, 6.45) is 3.39. The average Bonchev–Trinajstić information content (AvgIpc) is 2.93. The summed E-state index contributed by atoms with van der Waals surface area (Å²) in [5.41, 5.74) is 1.92. The molecule has 1 aromatic heterocycles. The van der Waals surface area contributed by atoms with Gasteiger partial charge < -0.3 is 14.5 Å². The van der Waals surface area contributed by atoms with Crippen molar-refractivity contribution in [3.8, 4) is 11.4 Å². The Kier molecular flexibility index (Phi) is 8.71. The zero-order valence-electron chi connectivity index (χ0n) is 22.4. The van der Waals surface area contributed by atoms with Crippen LogP contribution in [0.25, 0.3) is 22.7 Å². The number of ether oxygens (including phenoxy) is 1. The third-order valence-corrected chi connectivity index (χ3v) is 6.34. The fraction of sp³-hybridized carbons (Fsp3) is 0.258. The number of aromatic nitrogens is 2. The van der Waals surface area contributed by atoms with E-state index in [1.807, 2.05) is 112 Å². The minimum atomic E-state index is -0.505. The number of amides is 1. The summed E-state index contributed by atoms with van der Waals surface area (Å²) in [4.78, 5) is 36.2. The van der Waals surface area contributed by atoms with Gasteiger partial charge in [-0.15, -0.1) is 0 Å². The maximum Gasteiger partial charge on any atom is 0.266 e. The standard InChI is InChI=1S/C31H34N4O3/c1-5-38-28-18-12-11-17-27(28)35-30(32-26-16-10-9-15-25(26)31(35)37)23(2)34(22-21-33(3)4)29(36)20-19-24-13-7-6-8-14-24/h6-20,23H,5,21-22H2,1-4H3/b20-19+. The van der Waals surface area contributed by atoms with E-state index in [1.165, 1.54) is 0 Å². The molecular weight excluding hydrogens is 476 g/mol. The minimum absolute atomic E-state index is 0.157. The van der Waals surface area contributed by atoms with Crippen molar-refractivity contribution in [2.24, 2.45) is 0 Å². The van der Waals surface area contributed by atoms with Crippen molar-refractivity contribution in [1.82, 2.24) is 19.4 Å². The van der Waals surface area contributed by atoms with Gasteiger partial charge in [-0.25, -0.2) is 4.98 Å². The van der Waals surface area contributed by atoms with Gasteiger partial charge in [-0.1, -0.05) is 54.6 Å². The van der Waals surface area contributed by atoms with Gasteiger partial charge in [0.25, 0.3) is 5.56 Å². The first kappa shape index (κ1) is 26.8. The number of nitrogens with zero attached hydrogens (tertiary/aromatic N) is 4. The van der Waals surface area contributed by atoms with Crippen LogP contribution in [0.3, 0.4) is 0 Å². The molecule has 1 heterocycles. The highest BCUT2D eigenvalue weighted by molar-refractivity contribution is 5.92. The number of benzene rings is 3. The number of likely N-dealkylation sites (N-methyl/N-ethyl adjacent to an activating group) is 1. The van der Waals surface area contributed by atoms with E-state index < -0.39 is 6.04 Å². The highest BCUT2D eigenvalue weighted by Crippen LogP contribution is 2.28. The largest absolute Gasteiger partial charge is 0.492 e. The first-order chi connectivity index (χ1) is 18.4. The molecule has 38 heavy (non-hydrogen) atoms. The van der Waals surface area contributed by atoms with Crippen molar-refractivity contribution in [3.05, 3.63) is 107 Å². The molecule has 0 aliphatic rings. The molecule has 0 bridgehead atoms. The Labute approximate surface area is 223 Å². The fourth-order valence-corrected chi connectivity index (χ4v) is 4.35. The van der Waals surface area contributed by atoms with Crippen molar-refractivity contribution in [1.29, 1.82) is 0 Å². The van der Waals surface area contributed by atoms with Gasteiger partial charge in [0, 0.05) is 19.2 Å². The second kappa shape index (κ2) is 12.3. The lowest BCUT2D eigenvalue weighted by Gasteiger charge is -2.31. The summed E-state index contributed by atoms with van der Waals surface area (Å²) >= 11 is 0. The Morgan fingerprint density at radius 3 is 2.39 bits per heavy atom. The molecule has 1 atom stereocenters. The lowest BCUT2D eigenvalue weighted by atomic mass is 10.1. The molecule has 0 N–H and O–H groups in total. The summed E-state index contributed by atoms with van der Waals surface area (Å²) < 4.78 is 7.47. The predicted octanol–water partition coefficient (Wildman–Crippen LogP) is 4.95. The minimum Gasteiger partial charge on any atom is -0.492 e. The van der Waals surface area contributed by atoms with Crippen LogP contribution >= 0.6 is 0 Å². The summed E-state index contributed by atoms with van der Waals surface area (Å²) in [7, 11) is 3.94.